The maximum absolute atomic E-state index is 15.9. The lowest BCUT2D eigenvalue weighted by molar-refractivity contribution is -0.160. The van der Waals surface area contributed by atoms with Crippen molar-refractivity contribution in [1.29, 1.82) is 0 Å². The summed E-state index contributed by atoms with van der Waals surface area (Å²) in [5, 5.41) is 8.27. The fourth-order valence-electron chi connectivity index (χ4n) is 16.7. The van der Waals surface area contributed by atoms with Gasteiger partial charge in [0, 0.05) is 68.5 Å². The molecule has 4 saturated heterocycles. The van der Waals surface area contributed by atoms with Gasteiger partial charge in [0.25, 0.3) is 0 Å². The van der Waals surface area contributed by atoms with Crippen molar-refractivity contribution in [3.63, 3.8) is 0 Å². The molecule has 3 N–H and O–H groups in total. The molecular weight excluding hydrogens is 1350 g/mol. The molecule has 1 aromatic rings. The van der Waals surface area contributed by atoms with Crippen LogP contribution in [0, 0.1) is 23.7 Å². The van der Waals surface area contributed by atoms with Crippen molar-refractivity contribution in [3.05, 3.63) is 34.3 Å². The Balaban J connectivity index is 1.19. The van der Waals surface area contributed by atoms with Gasteiger partial charge in [0.15, 0.2) is 0 Å². The Hall–Kier alpha value is -7.06. The lowest BCUT2D eigenvalue weighted by atomic mass is 9.81. The number of rotatable bonds is 11. The lowest BCUT2D eigenvalue weighted by Gasteiger charge is -2.45. The summed E-state index contributed by atoms with van der Waals surface area (Å²) in [5.41, 5.74) is -2.33. The average molecular weight is 1470 g/mol. The number of nitrogens with one attached hydrogen (secondary N) is 3. The van der Waals surface area contributed by atoms with E-state index in [0.717, 1.165) is 74.8 Å². The Morgan fingerprint density at radius 2 is 1.24 bits per heavy atom. The highest BCUT2D eigenvalue weighted by molar-refractivity contribution is 6.31. The van der Waals surface area contributed by atoms with Crippen molar-refractivity contribution in [2.24, 2.45) is 23.7 Å². The zero-order valence-electron chi connectivity index (χ0n) is 62.6. The monoisotopic (exact) mass is 1470 g/mol. The zero-order valence-corrected chi connectivity index (χ0v) is 63.3. The van der Waals surface area contributed by atoms with Crippen molar-refractivity contribution in [3.8, 4) is 0 Å². The quantitative estimate of drug-likeness (QED) is 0.203. The molecule has 0 radical (unpaired) electrons. The van der Waals surface area contributed by atoms with Crippen LogP contribution in [0.1, 0.15) is 206 Å². The number of likely N-dealkylation sites (tertiary alicyclic amines) is 1. The number of fused-ring (bicyclic) bond motifs is 2. The average Bonchev–Trinajstić information content (AvgIpc) is 1.70. The van der Waals surface area contributed by atoms with Crippen molar-refractivity contribution >= 4 is 82.5 Å². The van der Waals surface area contributed by atoms with Crippen LogP contribution in [-0.4, -0.2) is 250 Å². The standard InChI is InChI=1S/C75H114ClF3N12O12/c1-12-47(4)62-71(101)84(7)48(5)66(96)91-40-34-56(91)69(99)86(9)58(43-49-25-16-13-17-26-49)68(98)83(6)45-60(92)80-54(33-31-50-30-32-52(53(76)42-50)75(77,78)79)67(97)90-39-24-29-55(90)65(95)82-74(35-20-21-36-74)73(103)88(11)63(51-27-18-14-19-28-51)72(102)87(10)59(70(100)89-37-22-15-23-38-89)44-61(93)85(8)57(41-46(2)3)64(94)81-62/h30,32,42,46-49,51,54-59,62-63H,12-29,31,33-41,43-45H2,1-11H3,(H,80,92)(H,81,94)(H,82,95)/t47-,48-,54-,55-,56-,57-,58-,59-,62-,63-/m0/s1. The number of hydrogen-bond donors (Lipinski definition) is 3. The summed E-state index contributed by atoms with van der Waals surface area (Å²) in [6.45, 7) is 9.26. The molecule has 1 spiro atoms. The van der Waals surface area contributed by atoms with Gasteiger partial charge < -0.3 is 60.0 Å². The Kier molecular flexibility index (Phi) is 28.4. The molecule has 4 heterocycles. The highest BCUT2D eigenvalue weighted by atomic mass is 35.5. The number of likely N-dealkylation sites (N-methyl/N-ethyl adjacent to an activating group) is 6. The lowest BCUT2D eigenvalue weighted by Crippen LogP contribution is -2.65. The van der Waals surface area contributed by atoms with Gasteiger partial charge in [-0.05, 0) is 138 Å². The summed E-state index contributed by atoms with van der Waals surface area (Å²) in [6, 6.07) is -7.68. The number of piperidine rings is 1. The molecule has 7 fully saturated rings. The molecule has 0 unspecified atom stereocenters. The molecule has 12 amide bonds. The molecule has 28 heteroatoms. The first-order chi connectivity index (χ1) is 48.7. The molecule has 3 saturated carbocycles. The Labute approximate surface area is 611 Å². The number of alkyl halides is 3. The predicted molar refractivity (Wildman–Crippen MR) is 381 cm³/mol. The molecule has 574 valence electrons. The third-order valence-electron chi connectivity index (χ3n) is 23.6. The largest absolute Gasteiger partial charge is 0.417 e. The fraction of sp³-hybridized carbons (Fsp3) is 0.760. The SMILES string of the molecule is CC[C@H](C)[C@@H]1NC(=O)[C@H](CC(C)C)N(C)C(=O)C[C@@H](C(=O)N2CCCCC2)N(C)C(=O)[C@H](C2CCCCC2)N(C)C(=O)C2(CCCC2)NC(=O)[C@@H]2CCCN2C(=O)[C@H](CCc2ccc(C(F)(F)F)c(Cl)c2)NC(=O)CN(C)C(=O)[C@H](CC2CCCCC2)N(C)C(=O)[C@@H]2CCN2C(=O)[C@H](C)N(C)C1=O. The van der Waals surface area contributed by atoms with Crippen molar-refractivity contribution in [2.45, 2.75) is 268 Å². The summed E-state index contributed by atoms with van der Waals surface area (Å²) in [6.07, 6.45) is 7.43. The van der Waals surface area contributed by atoms with Crippen LogP contribution in [0.3, 0.4) is 0 Å². The van der Waals surface area contributed by atoms with Gasteiger partial charge in [-0.1, -0.05) is 116 Å². The first kappa shape index (κ1) is 81.6. The molecule has 7 aliphatic rings. The molecule has 0 aromatic heterocycles. The van der Waals surface area contributed by atoms with E-state index in [2.05, 4.69) is 16.0 Å². The normalized spacial score (nSPS) is 28.4. The number of aryl methyl sites for hydroxylation is 1. The van der Waals surface area contributed by atoms with Crippen molar-refractivity contribution in [1.82, 2.24) is 60.0 Å². The zero-order chi connectivity index (χ0) is 75.5. The third-order valence-corrected chi connectivity index (χ3v) is 23.9. The molecular formula is C75H114ClF3N12O12. The van der Waals surface area contributed by atoms with Crippen LogP contribution in [0.25, 0.3) is 0 Å². The minimum atomic E-state index is -4.76. The van der Waals surface area contributed by atoms with Crippen molar-refractivity contribution < 1.29 is 70.7 Å². The summed E-state index contributed by atoms with van der Waals surface area (Å²) >= 11 is 6.18. The minimum Gasteiger partial charge on any atom is -0.343 e. The maximum atomic E-state index is 15.9. The number of carbonyl (C=O) groups is 12. The molecule has 8 rings (SSSR count). The van der Waals surface area contributed by atoms with Gasteiger partial charge in [-0.2, -0.15) is 13.2 Å². The third kappa shape index (κ3) is 19.3. The molecule has 3 aliphatic carbocycles. The Bertz CT molecular complexity index is 3240. The number of hydrogen-bond acceptors (Lipinski definition) is 12. The molecule has 4 aliphatic heterocycles. The number of nitrogens with zero attached hydrogens (tertiary/aromatic N) is 9. The van der Waals surface area contributed by atoms with Crippen LogP contribution < -0.4 is 16.0 Å². The van der Waals surface area contributed by atoms with E-state index < -0.39 is 172 Å². The second kappa shape index (κ2) is 35.8. The van der Waals surface area contributed by atoms with Gasteiger partial charge in [-0.3, -0.25) is 57.5 Å². The van der Waals surface area contributed by atoms with E-state index in [-0.39, 0.29) is 76.3 Å². The van der Waals surface area contributed by atoms with Crippen LogP contribution in [0.5, 0.6) is 0 Å². The fourth-order valence-corrected chi connectivity index (χ4v) is 17.1. The second-order valence-corrected chi connectivity index (χ2v) is 31.5. The van der Waals surface area contributed by atoms with Gasteiger partial charge in [0.05, 0.1) is 23.6 Å². The van der Waals surface area contributed by atoms with E-state index in [9.17, 15) is 32.3 Å². The second-order valence-electron chi connectivity index (χ2n) is 31.1. The number of benzene rings is 1. The summed E-state index contributed by atoms with van der Waals surface area (Å²) in [7, 11) is 8.78. The van der Waals surface area contributed by atoms with Gasteiger partial charge in [0.1, 0.15) is 59.9 Å². The summed E-state index contributed by atoms with van der Waals surface area (Å²) in [5.74, 6) is -8.42. The number of carbonyl (C=O) groups excluding carboxylic acids is 12. The maximum Gasteiger partial charge on any atom is 0.417 e. The van der Waals surface area contributed by atoms with Gasteiger partial charge in [0.2, 0.25) is 70.9 Å². The van der Waals surface area contributed by atoms with E-state index in [1.54, 1.807) is 11.8 Å². The van der Waals surface area contributed by atoms with Gasteiger partial charge >= 0.3 is 6.18 Å². The van der Waals surface area contributed by atoms with E-state index in [1.165, 1.54) is 89.6 Å². The highest BCUT2D eigenvalue weighted by Gasteiger charge is 2.52. The van der Waals surface area contributed by atoms with E-state index in [0.29, 0.717) is 70.0 Å². The van der Waals surface area contributed by atoms with Crippen LogP contribution in [0.15, 0.2) is 18.2 Å². The topological polar surface area (TPSA) is 270 Å². The Morgan fingerprint density at radius 1 is 0.621 bits per heavy atom. The van der Waals surface area contributed by atoms with E-state index in [1.807, 2.05) is 20.8 Å². The minimum absolute atomic E-state index is 0.0243. The van der Waals surface area contributed by atoms with Gasteiger partial charge in [-0.25, -0.2) is 0 Å². The van der Waals surface area contributed by atoms with Crippen LogP contribution in [0.2, 0.25) is 5.02 Å². The van der Waals surface area contributed by atoms with Gasteiger partial charge in [-0.15, -0.1) is 0 Å². The molecule has 103 heavy (non-hydrogen) atoms. The van der Waals surface area contributed by atoms with Crippen LogP contribution in [0.4, 0.5) is 13.2 Å². The highest BCUT2D eigenvalue weighted by Crippen LogP contribution is 2.39. The number of halogens is 4. The first-order valence-corrected chi connectivity index (χ1v) is 38.3. The number of amides is 12. The summed E-state index contributed by atoms with van der Waals surface area (Å²) in [4.78, 5) is 194. The van der Waals surface area contributed by atoms with Crippen molar-refractivity contribution in [2.75, 3.05) is 75.0 Å². The van der Waals surface area contributed by atoms with E-state index >= 15 is 38.4 Å². The molecule has 24 nitrogen and oxygen atoms in total. The Morgan fingerprint density at radius 3 is 1.83 bits per heavy atom. The van der Waals surface area contributed by atoms with Crippen LogP contribution >= 0.6 is 11.6 Å². The summed E-state index contributed by atoms with van der Waals surface area (Å²) < 4.78 is 41.8. The van der Waals surface area contributed by atoms with Crippen LogP contribution in [-0.2, 0) is 70.1 Å². The molecule has 1 aromatic carbocycles. The molecule has 0 bridgehead atoms. The first-order valence-electron chi connectivity index (χ1n) is 38.0. The predicted octanol–water partition coefficient (Wildman–Crippen LogP) is 6.95. The van der Waals surface area contributed by atoms with E-state index in [4.69, 9.17) is 11.6 Å². The smallest absolute Gasteiger partial charge is 0.343 e. The molecule has 10 atom stereocenters.